The highest BCUT2D eigenvalue weighted by Crippen LogP contribution is 2.30. The predicted molar refractivity (Wildman–Crippen MR) is 61.8 cm³/mol. The van der Waals surface area contributed by atoms with Crippen LogP contribution in [0.25, 0.3) is 10.9 Å². The van der Waals surface area contributed by atoms with E-state index in [2.05, 4.69) is 18.8 Å². The molecule has 0 unspecified atom stereocenters. The first-order valence-corrected chi connectivity index (χ1v) is 5.07. The van der Waals surface area contributed by atoms with Gasteiger partial charge < -0.3 is 10.7 Å². The molecule has 0 spiro atoms. The second-order valence-electron chi connectivity index (χ2n) is 3.51. The number of hydrogen-bond acceptors (Lipinski definition) is 1. The average Bonchev–Trinajstić information content (AvgIpc) is 2.41. The summed E-state index contributed by atoms with van der Waals surface area (Å²) in [5.41, 5.74) is 9.95. The molecule has 74 valence electrons. The molecule has 2 nitrogen and oxygen atoms in total. The summed E-state index contributed by atoms with van der Waals surface area (Å²) in [6.45, 7) is 4.19. The van der Waals surface area contributed by atoms with Crippen molar-refractivity contribution in [3.8, 4) is 0 Å². The minimum atomic E-state index is 0.697. The molecule has 0 aliphatic rings. The van der Waals surface area contributed by atoms with E-state index < -0.39 is 0 Å². The Morgan fingerprint density at radius 1 is 1.43 bits per heavy atom. The maximum Gasteiger partial charge on any atom is 0.0667 e. The molecule has 14 heavy (non-hydrogen) atoms. The highest BCUT2D eigenvalue weighted by atomic mass is 35.5. The molecule has 2 aromatic rings. The molecule has 0 fully saturated rings. The number of aromatic nitrogens is 1. The van der Waals surface area contributed by atoms with Crippen LogP contribution in [0, 0.1) is 6.92 Å². The molecule has 0 bridgehead atoms. The van der Waals surface area contributed by atoms with E-state index in [0.717, 1.165) is 23.0 Å². The van der Waals surface area contributed by atoms with E-state index in [4.69, 9.17) is 17.3 Å². The van der Waals surface area contributed by atoms with Gasteiger partial charge in [0.05, 0.1) is 10.5 Å². The number of fused-ring (bicyclic) bond motifs is 1. The van der Waals surface area contributed by atoms with E-state index in [1.807, 2.05) is 6.07 Å². The van der Waals surface area contributed by atoms with Gasteiger partial charge in [-0.3, -0.25) is 0 Å². The summed E-state index contributed by atoms with van der Waals surface area (Å²) in [6, 6.07) is 3.75. The molecule has 0 radical (unpaired) electrons. The topological polar surface area (TPSA) is 41.8 Å². The molecule has 0 saturated heterocycles. The molecule has 2 rings (SSSR count). The lowest BCUT2D eigenvalue weighted by atomic mass is 10.1. The van der Waals surface area contributed by atoms with Gasteiger partial charge in [-0.15, -0.1) is 0 Å². The standard InChI is InChI=1S/C11H13ClN2/c1-3-8-6(2)14-11-9(8)4-7(13)5-10(11)12/h4-5,14H,3,13H2,1-2H3. The molecular weight excluding hydrogens is 196 g/mol. The Balaban J connectivity index is 2.87. The van der Waals surface area contributed by atoms with Crippen molar-refractivity contribution in [1.29, 1.82) is 0 Å². The lowest BCUT2D eigenvalue weighted by molar-refractivity contribution is 1.11. The van der Waals surface area contributed by atoms with Crippen molar-refractivity contribution in [1.82, 2.24) is 4.98 Å². The van der Waals surface area contributed by atoms with Gasteiger partial charge in [0.25, 0.3) is 0 Å². The Bertz CT molecular complexity index is 485. The predicted octanol–water partition coefficient (Wildman–Crippen LogP) is 3.27. The van der Waals surface area contributed by atoms with Crippen LogP contribution in [0.2, 0.25) is 5.02 Å². The number of hydrogen-bond donors (Lipinski definition) is 2. The first-order chi connectivity index (χ1) is 6.63. The van der Waals surface area contributed by atoms with E-state index >= 15 is 0 Å². The highest BCUT2D eigenvalue weighted by molar-refractivity contribution is 6.35. The molecule has 0 aliphatic heterocycles. The largest absolute Gasteiger partial charge is 0.399 e. The van der Waals surface area contributed by atoms with E-state index in [-0.39, 0.29) is 0 Å². The fourth-order valence-electron chi connectivity index (χ4n) is 1.91. The fraction of sp³-hybridized carbons (Fsp3) is 0.273. The minimum absolute atomic E-state index is 0.697. The number of halogens is 1. The number of anilines is 1. The second kappa shape index (κ2) is 3.21. The van der Waals surface area contributed by atoms with Crippen molar-refractivity contribution in [2.24, 2.45) is 0 Å². The van der Waals surface area contributed by atoms with Crippen LogP contribution in [0.15, 0.2) is 12.1 Å². The second-order valence-corrected chi connectivity index (χ2v) is 3.91. The van der Waals surface area contributed by atoms with E-state index in [1.165, 1.54) is 11.3 Å². The normalized spacial score (nSPS) is 11.1. The van der Waals surface area contributed by atoms with Crippen molar-refractivity contribution in [3.63, 3.8) is 0 Å². The van der Waals surface area contributed by atoms with Crippen LogP contribution in [-0.4, -0.2) is 4.98 Å². The smallest absolute Gasteiger partial charge is 0.0667 e. The third-order valence-electron chi connectivity index (χ3n) is 2.56. The summed E-state index contributed by atoms with van der Waals surface area (Å²) in [7, 11) is 0. The first kappa shape index (κ1) is 9.41. The number of nitrogens with two attached hydrogens (primary N) is 1. The van der Waals surface area contributed by atoms with Crippen molar-refractivity contribution in [2.75, 3.05) is 5.73 Å². The van der Waals surface area contributed by atoms with Crippen molar-refractivity contribution in [3.05, 3.63) is 28.4 Å². The van der Waals surface area contributed by atoms with Crippen LogP contribution in [0.5, 0.6) is 0 Å². The molecule has 0 aliphatic carbocycles. The summed E-state index contributed by atoms with van der Waals surface area (Å²) in [6.07, 6.45) is 0.992. The first-order valence-electron chi connectivity index (χ1n) is 4.69. The van der Waals surface area contributed by atoms with Gasteiger partial charge in [0.1, 0.15) is 0 Å². The third kappa shape index (κ3) is 1.26. The quantitative estimate of drug-likeness (QED) is 0.694. The Labute approximate surface area is 88.1 Å². The van der Waals surface area contributed by atoms with Gasteiger partial charge in [0, 0.05) is 16.8 Å². The SMILES string of the molecule is CCc1c(C)[nH]c2c(Cl)cc(N)cc12. The zero-order valence-corrected chi connectivity index (χ0v) is 9.07. The van der Waals surface area contributed by atoms with Crippen LogP contribution in [0.3, 0.4) is 0 Å². The molecule has 1 aromatic carbocycles. The number of nitrogen functional groups attached to an aromatic ring is 1. The van der Waals surface area contributed by atoms with Gasteiger partial charge in [0.2, 0.25) is 0 Å². The number of H-pyrrole nitrogens is 1. The number of aryl methyl sites for hydroxylation is 2. The Morgan fingerprint density at radius 3 is 2.79 bits per heavy atom. The summed E-state index contributed by atoms with van der Waals surface area (Å²) in [4.78, 5) is 3.29. The molecule has 1 heterocycles. The summed E-state index contributed by atoms with van der Waals surface area (Å²) >= 11 is 6.09. The zero-order chi connectivity index (χ0) is 10.3. The van der Waals surface area contributed by atoms with Crippen LogP contribution in [-0.2, 0) is 6.42 Å². The monoisotopic (exact) mass is 208 g/mol. The maximum atomic E-state index is 6.09. The van der Waals surface area contributed by atoms with E-state index in [0.29, 0.717) is 5.02 Å². The molecule has 0 amide bonds. The average molecular weight is 209 g/mol. The van der Waals surface area contributed by atoms with Crippen LogP contribution in [0.1, 0.15) is 18.2 Å². The number of rotatable bonds is 1. The van der Waals surface area contributed by atoms with Crippen LogP contribution in [0.4, 0.5) is 5.69 Å². The van der Waals surface area contributed by atoms with Crippen molar-refractivity contribution in [2.45, 2.75) is 20.3 Å². The molecule has 1 aromatic heterocycles. The summed E-state index contributed by atoms with van der Waals surface area (Å²) in [5, 5.41) is 1.85. The van der Waals surface area contributed by atoms with E-state index in [1.54, 1.807) is 6.07 Å². The molecule has 0 saturated carbocycles. The van der Waals surface area contributed by atoms with Crippen molar-refractivity contribution < 1.29 is 0 Å². The Hall–Kier alpha value is -1.15. The highest BCUT2D eigenvalue weighted by Gasteiger charge is 2.09. The maximum absolute atomic E-state index is 6.09. The summed E-state index contributed by atoms with van der Waals surface area (Å²) < 4.78 is 0. The van der Waals surface area contributed by atoms with Crippen LogP contribution < -0.4 is 5.73 Å². The van der Waals surface area contributed by atoms with Gasteiger partial charge in [-0.2, -0.15) is 0 Å². The number of nitrogens with one attached hydrogen (secondary N) is 1. The van der Waals surface area contributed by atoms with Gasteiger partial charge in [0.15, 0.2) is 0 Å². The van der Waals surface area contributed by atoms with Crippen LogP contribution >= 0.6 is 11.6 Å². The van der Waals surface area contributed by atoms with E-state index in [9.17, 15) is 0 Å². The number of benzene rings is 1. The Morgan fingerprint density at radius 2 is 2.14 bits per heavy atom. The van der Waals surface area contributed by atoms with Crippen molar-refractivity contribution >= 4 is 28.2 Å². The molecule has 3 heteroatoms. The van der Waals surface area contributed by atoms with Gasteiger partial charge in [-0.05, 0) is 31.0 Å². The number of aromatic amines is 1. The zero-order valence-electron chi connectivity index (χ0n) is 8.32. The lowest BCUT2D eigenvalue weighted by Gasteiger charge is -1.99. The third-order valence-corrected chi connectivity index (χ3v) is 2.85. The van der Waals surface area contributed by atoms with Gasteiger partial charge in [-0.25, -0.2) is 0 Å². The molecule has 0 atom stereocenters. The molecular formula is C11H13ClN2. The fourth-order valence-corrected chi connectivity index (χ4v) is 2.19. The summed E-state index contributed by atoms with van der Waals surface area (Å²) in [5.74, 6) is 0. The molecule has 3 N–H and O–H groups in total. The Kier molecular flexibility index (Phi) is 2.16. The minimum Gasteiger partial charge on any atom is -0.399 e. The lowest BCUT2D eigenvalue weighted by Crippen LogP contribution is -1.85. The van der Waals surface area contributed by atoms with Gasteiger partial charge in [-0.1, -0.05) is 18.5 Å². The van der Waals surface area contributed by atoms with Gasteiger partial charge >= 0.3 is 0 Å².